The molecule has 0 bridgehead atoms. The van der Waals surface area contributed by atoms with Crippen LogP contribution in [0.2, 0.25) is 0 Å². The van der Waals surface area contributed by atoms with Crippen molar-refractivity contribution in [2.75, 3.05) is 0 Å². The molecule has 0 atom stereocenters. The van der Waals surface area contributed by atoms with Gasteiger partial charge in [-0.05, 0) is 20.8 Å². The fourth-order valence-corrected chi connectivity index (χ4v) is 0.207. The second-order valence-corrected chi connectivity index (χ2v) is 2.69. The predicted octanol–water partition coefficient (Wildman–Crippen LogP) is -0.0329. The van der Waals surface area contributed by atoms with Crippen molar-refractivity contribution in [1.82, 2.24) is 11.0 Å². The van der Waals surface area contributed by atoms with Gasteiger partial charge in [-0.15, -0.1) is 0 Å². The van der Waals surface area contributed by atoms with Crippen molar-refractivity contribution in [3.63, 3.8) is 0 Å². The number of rotatable bonds is 3. The Morgan fingerprint density at radius 1 is 1.44 bits per heavy atom. The summed E-state index contributed by atoms with van der Waals surface area (Å²) < 4.78 is 0. The van der Waals surface area contributed by atoms with Gasteiger partial charge in [-0.3, -0.25) is 4.79 Å². The molecular formula is C5H12N2O2. The molecule has 0 radical (unpaired) electrons. The van der Waals surface area contributed by atoms with Gasteiger partial charge in [0.15, 0.2) is 0 Å². The van der Waals surface area contributed by atoms with Crippen molar-refractivity contribution in [1.29, 1.82) is 0 Å². The monoisotopic (exact) mass is 132 g/mol. The fraction of sp³-hybridized carbons (Fsp3) is 0.800. The summed E-state index contributed by atoms with van der Waals surface area (Å²) in [5.74, 6) is 0. The van der Waals surface area contributed by atoms with Gasteiger partial charge in [-0.25, -0.2) is 5.43 Å². The Morgan fingerprint density at radius 2 is 2.00 bits per heavy atom. The molecule has 0 rings (SSSR count). The number of carbonyl (C=O) groups is 1. The van der Waals surface area contributed by atoms with Crippen LogP contribution in [0.1, 0.15) is 20.8 Å². The number of hydrogen-bond donors (Lipinski definition) is 2. The van der Waals surface area contributed by atoms with E-state index >= 15 is 0 Å². The smallest absolute Gasteiger partial charge is 0.314 e. The highest BCUT2D eigenvalue weighted by Crippen LogP contribution is 1.94. The summed E-state index contributed by atoms with van der Waals surface area (Å²) in [4.78, 5) is 13.7. The normalized spacial score (nSPS) is 11.0. The zero-order valence-electron chi connectivity index (χ0n) is 5.89. The van der Waals surface area contributed by atoms with E-state index in [1.807, 2.05) is 20.8 Å². The van der Waals surface area contributed by atoms with Crippen LogP contribution in [-0.2, 0) is 9.63 Å². The van der Waals surface area contributed by atoms with Crippen LogP contribution in [0.15, 0.2) is 0 Å². The minimum atomic E-state index is -0.0942. The van der Waals surface area contributed by atoms with Crippen LogP contribution in [0.25, 0.3) is 0 Å². The first kappa shape index (κ1) is 8.39. The molecule has 0 aromatic heterocycles. The van der Waals surface area contributed by atoms with Crippen LogP contribution in [0.5, 0.6) is 0 Å². The number of hydrazine groups is 1. The Balaban J connectivity index is 3.17. The van der Waals surface area contributed by atoms with E-state index in [0.29, 0.717) is 6.47 Å². The van der Waals surface area contributed by atoms with E-state index in [4.69, 9.17) is 0 Å². The van der Waals surface area contributed by atoms with Crippen LogP contribution in [0, 0.1) is 0 Å². The van der Waals surface area contributed by atoms with E-state index in [2.05, 4.69) is 15.9 Å². The molecule has 0 aliphatic rings. The first-order valence-corrected chi connectivity index (χ1v) is 2.68. The quantitative estimate of drug-likeness (QED) is 0.321. The predicted molar refractivity (Wildman–Crippen MR) is 33.2 cm³/mol. The average Bonchev–Trinajstić information content (AvgIpc) is 1.63. The molecule has 0 aromatic carbocycles. The zero-order chi connectivity index (χ0) is 7.33. The Bertz CT molecular complexity index is 87.4. The second kappa shape index (κ2) is 3.42. The van der Waals surface area contributed by atoms with Crippen LogP contribution in [0.3, 0.4) is 0 Å². The third-order valence-corrected chi connectivity index (χ3v) is 0.533. The topological polar surface area (TPSA) is 50.4 Å². The summed E-state index contributed by atoms with van der Waals surface area (Å²) in [5, 5.41) is 0. The maximum absolute atomic E-state index is 9.57. The molecule has 0 unspecified atom stereocenters. The third kappa shape index (κ3) is 7.39. The van der Waals surface area contributed by atoms with Crippen molar-refractivity contribution in [3.8, 4) is 0 Å². The molecular weight excluding hydrogens is 120 g/mol. The van der Waals surface area contributed by atoms with E-state index in [1.165, 1.54) is 0 Å². The van der Waals surface area contributed by atoms with Gasteiger partial charge >= 0.3 is 6.47 Å². The maximum Gasteiger partial charge on any atom is 0.314 e. The molecule has 0 aromatic rings. The standard InChI is InChI=1S/C5H12N2O2/c1-5(2,3)6-7-9-4-8/h4,6-7H,1-3H3. The molecule has 0 heterocycles. The van der Waals surface area contributed by atoms with Crippen molar-refractivity contribution >= 4 is 6.47 Å². The average molecular weight is 132 g/mol. The SMILES string of the molecule is CC(C)(C)NNOC=O. The third-order valence-electron chi connectivity index (χ3n) is 0.533. The van der Waals surface area contributed by atoms with E-state index in [-0.39, 0.29) is 5.54 Å². The van der Waals surface area contributed by atoms with Gasteiger partial charge in [0.1, 0.15) is 0 Å². The van der Waals surface area contributed by atoms with Gasteiger partial charge in [0, 0.05) is 5.54 Å². The highest BCUT2D eigenvalue weighted by atomic mass is 16.7. The summed E-state index contributed by atoms with van der Waals surface area (Å²) >= 11 is 0. The van der Waals surface area contributed by atoms with Gasteiger partial charge in [-0.2, -0.15) is 0 Å². The van der Waals surface area contributed by atoms with E-state index in [0.717, 1.165) is 0 Å². The minimum Gasteiger partial charge on any atom is -0.359 e. The highest BCUT2D eigenvalue weighted by Gasteiger charge is 2.06. The minimum absolute atomic E-state index is 0.0942. The van der Waals surface area contributed by atoms with Crippen LogP contribution in [0.4, 0.5) is 0 Å². The molecule has 0 aliphatic heterocycles. The Hall–Kier alpha value is -0.610. The van der Waals surface area contributed by atoms with Crippen molar-refractivity contribution in [3.05, 3.63) is 0 Å². The summed E-state index contributed by atoms with van der Waals surface area (Å²) in [5.41, 5.74) is 4.88. The highest BCUT2D eigenvalue weighted by molar-refractivity contribution is 5.36. The lowest BCUT2D eigenvalue weighted by molar-refractivity contribution is -0.138. The fourth-order valence-electron chi connectivity index (χ4n) is 0.207. The van der Waals surface area contributed by atoms with Crippen LogP contribution in [-0.4, -0.2) is 12.0 Å². The van der Waals surface area contributed by atoms with E-state index in [9.17, 15) is 4.79 Å². The molecule has 0 aliphatic carbocycles. The van der Waals surface area contributed by atoms with Crippen molar-refractivity contribution in [2.24, 2.45) is 0 Å². The molecule has 0 saturated carbocycles. The zero-order valence-corrected chi connectivity index (χ0v) is 5.89. The molecule has 4 heteroatoms. The summed E-state index contributed by atoms with van der Waals surface area (Å²) in [6.45, 7) is 6.13. The van der Waals surface area contributed by atoms with Crippen LogP contribution >= 0.6 is 0 Å². The molecule has 0 spiro atoms. The molecule has 0 fully saturated rings. The first-order valence-electron chi connectivity index (χ1n) is 2.68. The summed E-state index contributed by atoms with van der Waals surface area (Å²) in [7, 11) is 0. The molecule has 0 saturated heterocycles. The lowest BCUT2D eigenvalue weighted by Gasteiger charge is -2.18. The van der Waals surface area contributed by atoms with E-state index < -0.39 is 0 Å². The number of carbonyl (C=O) groups excluding carboxylic acids is 1. The lowest BCUT2D eigenvalue weighted by Crippen LogP contribution is -2.45. The maximum atomic E-state index is 9.57. The number of hydrogen-bond acceptors (Lipinski definition) is 4. The lowest BCUT2D eigenvalue weighted by atomic mass is 10.1. The Kier molecular flexibility index (Phi) is 3.19. The first-order chi connectivity index (χ1) is 4.06. The van der Waals surface area contributed by atoms with Gasteiger partial charge in [0.05, 0.1) is 0 Å². The van der Waals surface area contributed by atoms with Gasteiger partial charge in [-0.1, -0.05) is 5.59 Å². The molecule has 4 nitrogen and oxygen atoms in total. The number of nitrogens with one attached hydrogen (secondary N) is 2. The van der Waals surface area contributed by atoms with Gasteiger partial charge < -0.3 is 4.84 Å². The van der Waals surface area contributed by atoms with Crippen molar-refractivity contribution < 1.29 is 9.63 Å². The molecule has 0 amide bonds. The Labute approximate surface area is 54.5 Å². The van der Waals surface area contributed by atoms with E-state index in [1.54, 1.807) is 0 Å². The van der Waals surface area contributed by atoms with Crippen molar-refractivity contribution in [2.45, 2.75) is 26.3 Å². The molecule has 2 N–H and O–H groups in total. The Morgan fingerprint density at radius 3 is 2.33 bits per heavy atom. The molecule has 9 heavy (non-hydrogen) atoms. The summed E-state index contributed by atoms with van der Waals surface area (Å²) in [6, 6.07) is 0. The second-order valence-electron chi connectivity index (χ2n) is 2.69. The summed E-state index contributed by atoms with van der Waals surface area (Å²) in [6.07, 6.45) is 0. The van der Waals surface area contributed by atoms with Crippen LogP contribution < -0.4 is 11.0 Å². The van der Waals surface area contributed by atoms with Gasteiger partial charge in [0.25, 0.3) is 0 Å². The molecule has 54 valence electrons. The van der Waals surface area contributed by atoms with Gasteiger partial charge in [0.2, 0.25) is 0 Å². The largest absolute Gasteiger partial charge is 0.359 e.